The fraction of sp³-hybridized carbons (Fsp3) is 0.643. The highest BCUT2D eigenvalue weighted by Crippen LogP contribution is 2.15. The van der Waals surface area contributed by atoms with Crippen molar-refractivity contribution in [3.8, 4) is 0 Å². The van der Waals surface area contributed by atoms with E-state index in [4.69, 9.17) is 5.73 Å². The lowest BCUT2D eigenvalue weighted by atomic mass is 10.1. The minimum atomic E-state index is -0.202. The van der Waals surface area contributed by atoms with Gasteiger partial charge in [-0.05, 0) is 26.4 Å². The molecule has 0 aliphatic carbocycles. The standard InChI is InChI=1S/C14H23N5O/c1-9(2)13-16-7-11(15)12(18-13)14(20)17-10-5-4-6-19(3)8-10/h7,9-10H,4-6,8,15H2,1-3H3,(H,17,20). The van der Waals surface area contributed by atoms with Gasteiger partial charge in [-0.2, -0.15) is 0 Å². The first-order valence-electron chi connectivity index (χ1n) is 7.09. The van der Waals surface area contributed by atoms with Crippen LogP contribution in [0.2, 0.25) is 0 Å². The number of likely N-dealkylation sites (tertiary alicyclic amines) is 1. The second-order valence-electron chi connectivity index (χ2n) is 5.76. The number of carbonyl (C=O) groups excluding carboxylic acids is 1. The van der Waals surface area contributed by atoms with Crippen molar-refractivity contribution in [1.82, 2.24) is 20.2 Å². The van der Waals surface area contributed by atoms with Crippen LogP contribution in [0.3, 0.4) is 0 Å². The normalized spacial score (nSPS) is 20.1. The van der Waals surface area contributed by atoms with E-state index in [2.05, 4.69) is 27.2 Å². The summed E-state index contributed by atoms with van der Waals surface area (Å²) in [5, 5.41) is 3.02. The summed E-state index contributed by atoms with van der Waals surface area (Å²) in [6.45, 7) is 5.93. The van der Waals surface area contributed by atoms with Crippen LogP contribution in [0.4, 0.5) is 5.69 Å². The first-order valence-corrected chi connectivity index (χ1v) is 7.09. The zero-order valence-corrected chi connectivity index (χ0v) is 12.4. The van der Waals surface area contributed by atoms with Crippen LogP contribution in [0.25, 0.3) is 0 Å². The maximum atomic E-state index is 12.3. The van der Waals surface area contributed by atoms with Gasteiger partial charge in [0.1, 0.15) is 5.82 Å². The summed E-state index contributed by atoms with van der Waals surface area (Å²) < 4.78 is 0. The van der Waals surface area contributed by atoms with Crippen molar-refractivity contribution in [1.29, 1.82) is 0 Å². The van der Waals surface area contributed by atoms with E-state index in [9.17, 15) is 4.79 Å². The van der Waals surface area contributed by atoms with E-state index in [1.807, 2.05) is 13.8 Å². The lowest BCUT2D eigenvalue weighted by Gasteiger charge is -2.30. The molecular weight excluding hydrogens is 254 g/mol. The molecule has 1 aliphatic rings. The van der Waals surface area contributed by atoms with Gasteiger partial charge in [0.25, 0.3) is 5.91 Å². The number of likely N-dealkylation sites (N-methyl/N-ethyl adjacent to an activating group) is 1. The van der Waals surface area contributed by atoms with Gasteiger partial charge in [0, 0.05) is 18.5 Å². The molecule has 1 saturated heterocycles. The smallest absolute Gasteiger partial charge is 0.272 e. The number of nitrogens with two attached hydrogens (primary N) is 1. The van der Waals surface area contributed by atoms with E-state index in [1.54, 1.807) is 0 Å². The average Bonchev–Trinajstić information content (AvgIpc) is 2.38. The molecule has 20 heavy (non-hydrogen) atoms. The van der Waals surface area contributed by atoms with Crippen molar-refractivity contribution in [2.45, 2.75) is 38.6 Å². The Kier molecular flexibility index (Phi) is 4.54. The molecule has 2 rings (SSSR count). The van der Waals surface area contributed by atoms with Gasteiger partial charge in [-0.25, -0.2) is 9.97 Å². The Labute approximate surface area is 119 Å². The molecular formula is C14H23N5O. The molecule has 0 aromatic carbocycles. The largest absolute Gasteiger partial charge is 0.396 e. The Hall–Kier alpha value is -1.69. The number of nitrogens with one attached hydrogen (secondary N) is 1. The number of rotatable bonds is 3. The molecule has 6 heteroatoms. The third-order valence-electron chi connectivity index (χ3n) is 3.53. The predicted octanol–water partition coefficient (Wildman–Crippen LogP) is 1.01. The number of anilines is 1. The van der Waals surface area contributed by atoms with Crippen LogP contribution in [-0.2, 0) is 0 Å². The number of nitrogens with zero attached hydrogens (tertiary/aromatic N) is 3. The van der Waals surface area contributed by atoms with E-state index in [1.165, 1.54) is 6.20 Å². The molecule has 110 valence electrons. The summed E-state index contributed by atoms with van der Waals surface area (Å²) in [4.78, 5) is 23.0. The molecule has 6 nitrogen and oxygen atoms in total. The number of amides is 1. The molecule has 1 aliphatic heterocycles. The average molecular weight is 277 g/mol. The van der Waals surface area contributed by atoms with Gasteiger partial charge in [-0.15, -0.1) is 0 Å². The van der Waals surface area contributed by atoms with Crippen molar-refractivity contribution in [2.75, 3.05) is 25.9 Å². The third-order valence-corrected chi connectivity index (χ3v) is 3.53. The van der Waals surface area contributed by atoms with E-state index in [-0.39, 0.29) is 23.6 Å². The Balaban J connectivity index is 2.10. The van der Waals surface area contributed by atoms with Crippen LogP contribution >= 0.6 is 0 Å². The van der Waals surface area contributed by atoms with Gasteiger partial charge in [-0.3, -0.25) is 4.79 Å². The van der Waals surface area contributed by atoms with Crippen molar-refractivity contribution in [3.05, 3.63) is 17.7 Å². The Morgan fingerprint density at radius 2 is 2.30 bits per heavy atom. The van der Waals surface area contributed by atoms with Gasteiger partial charge < -0.3 is 16.0 Å². The minimum Gasteiger partial charge on any atom is -0.396 e. The van der Waals surface area contributed by atoms with Gasteiger partial charge in [-0.1, -0.05) is 13.8 Å². The van der Waals surface area contributed by atoms with E-state index < -0.39 is 0 Å². The van der Waals surface area contributed by atoms with Crippen molar-refractivity contribution in [3.63, 3.8) is 0 Å². The zero-order chi connectivity index (χ0) is 14.7. The highest BCUT2D eigenvalue weighted by atomic mass is 16.2. The molecule has 3 N–H and O–H groups in total. The predicted molar refractivity (Wildman–Crippen MR) is 78.5 cm³/mol. The number of carbonyl (C=O) groups is 1. The summed E-state index contributed by atoms with van der Waals surface area (Å²) >= 11 is 0. The first kappa shape index (κ1) is 14.7. The molecule has 1 atom stereocenters. The van der Waals surface area contributed by atoms with E-state index in [0.29, 0.717) is 11.5 Å². The molecule has 1 aromatic rings. The Morgan fingerprint density at radius 3 is 2.95 bits per heavy atom. The number of aromatic nitrogens is 2. The summed E-state index contributed by atoms with van der Waals surface area (Å²) in [5.74, 6) is 0.611. The fourth-order valence-electron chi connectivity index (χ4n) is 2.40. The van der Waals surface area contributed by atoms with Crippen LogP contribution in [0.15, 0.2) is 6.20 Å². The second kappa shape index (κ2) is 6.17. The van der Waals surface area contributed by atoms with Gasteiger partial charge >= 0.3 is 0 Å². The summed E-state index contributed by atoms with van der Waals surface area (Å²) in [7, 11) is 2.06. The Morgan fingerprint density at radius 1 is 1.55 bits per heavy atom. The second-order valence-corrected chi connectivity index (χ2v) is 5.76. The Bertz CT molecular complexity index is 488. The molecule has 0 saturated carbocycles. The van der Waals surface area contributed by atoms with Gasteiger partial charge in [0.05, 0.1) is 11.9 Å². The molecule has 0 bridgehead atoms. The minimum absolute atomic E-state index is 0.165. The molecule has 1 aromatic heterocycles. The molecule has 1 amide bonds. The van der Waals surface area contributed by atoms with E-state index >= 15 is 0 Å². The lowest BCUT2D eigenvalue weighted by Crippen LogP contribution is -2.46. The summed E-state index contributed by atoms with van der Waals surface area (Å²) in [6.07, 6.45) is 3.61. The van der Waals surface area contributed by atoms with Gasteiger partial charge in [0.15, 0.2) is 5.69 Å². The zero-order valence-electron chi connectivity index (χ0n) is 12.4. The fourth-order valence-corrected chi connectivity index (χ4v) is 2.40. The summed E-state index contributed by atoms with van der Waals surface area (Å²) in [5.41, 5.74) is 6.45. The molecule has 0 radical (unpaired) electrons. The monoisotopic (exact) mass is 277 g/mol. The highest BCUT2D eigenvalue weighted by Gasteiger charge is 2.22. The topological polar surface area (TPSA) is 84.1 Å². The quantitative estimate of drug-likeness (QED) is 0.861. The molecule has 1 unspecified atom stereocenters. The van der Waals surface area contributed by atoms with Crippen LogP contribution in [-0.4, -0.2) is 47.0 Å². The SMILES string of the molecule is CC(C)c1ncc(N)c(C(=O)NC2CCCN(C)C2)n1. The molecule has 0 spiro atoms. The van der Waals surface area contributed by atoms with Crippen LogP contribution in [0, 0.1) is 0 Å². The molecule has 1 fully saturated rings. The van der Waals surface area contributed by atoms with Crippen molar-refractivity contribution < 1.29 is 4.79 Å². The van der Waals surface area contributed by atoms with Crippen molar-refractivity contribution >= 4 is 11.6 Å². The first-order chi connectivity index (χ1) is 9.47. The number of nitrogen functional groups attached to an aromatic ring is 1. The third kappa shape index (κ3) is 3.45. The molecule has 2 heterocycles. The lowest BCUT2D eigenvalue weighted by molar-refractivity contribution is 0.0908. The number of hydrogen-bond donors (Lipinski definition) is 2. The van der Waals surface area contributed by atoms with E-state index in [0.717, 1.165) is 25.9 Å². The van der Waals surface area contributed by atoms with Crippen LogP contribution in [0.1, 0.15) is 48.9 Å². The highest BCUT2D eigenvalue weighted by molar-refractivity contribution is 5.97. The van der Waals surface area contributed by atoms with Crippen molar-refractivity contribution in [2.24, 2.45) is 0 Å². The number of piperidine rings is 1. The summed E-state index contributed by atoms with van der Waals surface area (Å²) in [6, 6.07) is 0.165. The van der Waals surface area contributed by atoms with Gasteiger partial charge in [0.2, 0.25) is 0 Å². The number of hydrogen-bond acceptors (Lipinski definition) is 5. The van der Waals surface area contributed by atoms with Crippen LogP contribution < -0.4 is 11.1 Å². The maximum absolute atomic E-state index is 12.3. The maximum Gasteiger partial charge on any atom is 0.272 e. The van der Waals surface area contributed by atoms with Crippen LogP contribution in [0.5, 0.6) is 0 Å².